The van der Waals surface area contributed by atoms with Gasteiger partial charge in [-0.15, -0.1) is 0 Å². The molecule has 6 heteroatoms. The molecule has 0 aliphatic carbocycles. The van der Waals surface area contributed by atoms with Crippen LogP contribution in [-0.2, 0) is 24.2 Å². The van der Waals surface area contributed by atoms with E-state index in [-0.39, 0.29) is 5.92 Å². The minimum atomic E-state index is -0.714. The van der Waals surface area contributed by atoms with Gasteiger partial charge < -0.3 is 5.11 Å². The van der Waals surface area contributed by atoms with E-state index in [1.807, 2.05) is 4.68 Å². The van der Waals surface area contributed by atoms with Crippen molar-refractivity contribution in [1.29, 1.82) is 0 Å². The molecule has 0 spiro atoms. The molecule has 0 radical (unpaired) electrons. The summed E-state index contributed by atoms with van der Waals surface area (Å²) in [6, 6.07) is 1.08. The van der Waals surface area contributed by atoms with Crippen LogP contribution < -0.4 is 0 Å². The third-order valence-corrected chi connectivity index (χ3v) is 5.01. The number of piperidine rings is 1. The van der Waals surface area contributed by atoms with Crippen LogP contribution in [0.2, 0.25) is 0 Å². The Morgan fingerprint density at radius 3 is 2.86 bits per heavy atom. The second-order valence-corrected chi connectivity index (χ2v) is 6.88. The third-order valence-electron chi connectivity index (χ3n) is 5.01. The number of carbonyl (C=O) groups is 1. The highest BCUT2D eigenvalue weighted by Gasteiger charge is 2.29. The number of rotatable bonds is 4. The minimum absolute atomic E-state index is 0.300. The Bertz CT molecular complexity index is 540. The van der Waals surface area contributed by atoms with Crippen molar-refractivity contribution in [2.75, 3.05) is 6.54 Å². The smallest absolute Gasteiger partial charge is 0.307 e. The van der Waals surface area contributed by atoms with E-state index in [0.717, 1.165) is 24.6 Å². The van der Waals surface area contributed by atoms with Crippen molar-refractivity contribution in [3.05, 3.63) is 11.6 Å². The number of carboxylic acid groups (broad SMARTS) is 1. The van der Waals surface area contributed by atoms with Gasteiger partial charge in [-0.1, -0.05) is 6.42 Å². The Morgan fingerprint density at radius 2 is 2.14 bits per heavy atom. The van der Waals surface area contributed by atoms with Gasteiger partial charge in [0.15, 0.2) is 5.82 Å². The molecule has 1 aromatic rings. The lowest BCUT2D eigenvalue weighted by Gasteiger charge is -2.38. The molecule has 1 fully saturated rings. The fraction of sp³-hybridized carbons (Fsp3) is 0.812. The maximum Gasteiger partial charge on any atom is 0.307 e. The van der Waals surface area contributed by atoms with Crippen molar-refractivity contribution in [3.63, 3.8) is 0 Å². The monoisotopic (exact) mass is 306 g/mol. The summed E-state index contributed by atoms with van der Waals surface area (Å²) in [6.45, 7) is 6.34. The SMILES string of the molecule is CC(C)N1CCCCC1Cc1nc2n(n1)CCC(C(=O)O)C2. The molecule has 3 heterocycles. The Morgan fingerprint density at radius 1 is 1.32 bits per heavy atom. The first-order chi connectivity index (χ1) is 10.5. The molecule has 1 aromatic heterocycles. The van der Waals surface area contributed by atoms with Crippen molar-refractivity contribution in [2.45, 2.75) is 71.0 Å². The van der Waals surface area contributed by atoms with Crippen molar-refractivity contribution in [3.8, 4) is 0 Å². The van der Waals surface area contributed by atoms with Gasteiger partial charge in [-0.05, 0) is 39.7 Å². The lowest BCUT2D eigenvalue weighted by Crippen LogP contribution is -2.45. The molecule has 6 nitrogen and oxygen atoms in total. The number of hydrogen-bond acceptors (Lipinski definition) is 4. The molecule has 0 amide bonds. The van der Waals surface area contributed by atoms with Gasteiger partial charge in [-0.3, -0.25) is 9.69 Å². The number of carboxylic acids is 1. The molecule has 0 bridgehead atoms. The number of nitrogens with zero attached hydrogens (tertiary/aromatic N) is 4. The summed E-state index contributed by atoms with van der Waals surface area (Å²) in [6.07, 6.45) is 5.83. The van der Waals surface area contributed by atoms with E-state index < -0.39 is 5.97 Å². The average Bonchev–Trinajstić information content (AvgIpc) is 2.88. The molecule has 2 aliphatic heterocycles. The van der Waals surface area contributed by atoms with Crippen LogP contribution in [0, 0.1) is 5.92 Å². The summed E-state index contributed by atoms with van der Waals surface area (Å²) in [5, 5.41) is 13.8. The zero-order valence-electron chi connectivity index (χ0n) is 13.5. The normalized spacial score (nSPS) is 26.1. The van der Waals surface area contributed by atoms with E-state index in [1.54, 1.807) is 0 Å². The van der Waals surface area contributed by atoms with Crippen molar-refractivity contribution < 1.29 is 9.90 Å². The molecule has 122 valence electrons. The van der Waals surface area contributed by atoms with Gasteiger partial charge in [0, 0.05) is 31.5 Å². The highest BCUT2D eigenvalue weighted by Crippen LogP contribution is 2.24. The van der Waals surface area contributed by atoms with E-state index >= 15 is 0 Å². The van der Waals surface area contributed by atoms with Gasteiger partial charge in [0.05, 0.1) is 5.92 Å². The van der Waals surface area contributed by atoms with Gasteiger partial charge in [-0.25, -0.2) is 9.67 Å². The zero-order chi connectivity index (χ0) is 15.7. The summed E-state index contributed by atoms with van der Waals surface area (Å²) < 4.78 is 1.91. The van der Waals surface area contributed by atoms with E-state index in [9.17, 15) is 4.79 Å². The fourth-order valence-corrected chi connectivity index (χ4v) is 3.79. The van der Waals surface area contributed by atoms with E-state index in [4.69, 9.17) is 5.11 Å². The highest BCUT2D eigenvalue weighted by molar-refractivity contribution is 5.70. The molecule has 0 saturated carbocycles. The first kappa shape index (κ1) is 15.5. The fourth-order valence-electron chi connectivity index (χ4n) is 3.79. The maximum absolute atomic E-state index is 11.1. The van der Waals surface area contributed by atoms with Crippen LogP contribution in [0.4, 0.5) is 0 Å². The standard InChI is InChI=1S/C16H26N4O2/c1-11(2)19-7-4-3-5-13(19)10-14-17-15-9-12(16(21)22)6-8-20(15)18-14/h11-13H,3-10H2,1-2H3,(H,21,22). The molecule has 3 rings (SSSR count). The Kier molecular flexibility index (Phi) is 4.47. The Labute approximate surface area is 131 Å². The van der Waals surface area contributed by atoms with Crippen LogP contribution in [-0.4, -0.2) is 49.4 Å². The summed E-state index contributed by atoms with van der Waals surface area (Å²) in [7, 11) is 0. The Hall–Kier alpha value is -1.43. The third kappa shape index (κ3) is 3.16. The highest BCUT2D eigenvalue weighted by atomic mass is 16.4. The quantitative estimate of drug-likeness (QED) is 0.917. The van der Waals surface area contributed by atoms with Gasteiger partial charge >= 0.3 is 5.97 Å². The van der Waals surface area contributed by atoms with Crippen LogP contribution in [0.3, 0.4) is 0 Å². The predicted octanol–water partition coefficient (Wildman–Crippen LogP) is 1.73. The number of fused-ring (bicyclic) bond motifs is 1. The molecular formula is C16H26N4O2. The van der Waals surface area contributed by atoms with E-state index in [1.165, 1.54) is 19.3 Å². The van der Waals surface area contributed by atoms with Gasteiger partial charge in [0.25, 0.3) is 0 Å². The van der Waals surface area contributed by atoms with Crippen LogP contribution >= 0.6 is 0 Å². The van der Waals surface area contributed by atoms with Crippen molar-refractivity contribution in [2.24, 2.45) is 5.92 Å². The summed E-state index contributed by atoms with van der Waals surface area (Å²) in [4.78, 5) is 18.3. The van der Waals surface area contributed by atoms with Crippen molar-refractivity contribution in [1.82, 2.24) is 19.7 Å². The second kappa shape index (κ2) is 6.36. The first-order valence-corrected chi connectivity index (χ1v) is 8.45. The lowest BCUT2D eigenvalue weighted by atomic mass is 9.97. The van der Waals surface area contributed by atoms with E-state index in [2.05, 4.69) is 28.8 Å². The number of aryl methyl sites for hydroxylation is 1. The molecular weight excluding hydrogens is 280 g/mol. The molecule has 1 saturated heterocycles. The predicted molar refractivity (Wildman–Crippen MR) is 82.7 cm³/mol. The molecule has 1 N–H and O–H groups in total. The number of hydrogen-bond donors (Lipinski definition) is 1. The van der Waals surface area contributed by atoms with Crippen LogP contribution in [0.1, 0.15) is 51.2 Å². The number of likely N-dealkylation sites (tertiary alicyclic amines) is 1. The van der Waals surface area contributed by atoms with Gasteiger partial charge in [0.2, 0.25) is 0 Å². The summed E-state index contributed by atoms with van der Waals surface area (Å²) >= 11 is 0. The maximum atomic E-state index is 11.1. The second-order valence-electron chi connectivity index (χ2n) is 6.88. The number of aromatic nitrogens is 3. The van der Waals surface area contributed by atoms with Crippen LogP contribution in [0.5, 0.6) is 0 Å². The summed E-state index contributed by atoms with van der Waals surface area (Å²) in [5.41, 5.74) is 0. The van der Waals surface area contributed by atoms with Crippen molar-refractivity contribution >= 4 is 5.97 Å². The Balaban J connectivity index is 1.70. The molecule has 2 unspecified atom stereocenters. The molecule has 2 aliphatic rings. The molecule has 2 atom stereocenters. The minimum Gasteiger partial charge on any atom is -0.481 e. The van der Waals surface area contributed by atoms with E-state index in [0.29, 0.717) is 31.5 Å². The van der Waals surface area contributed by atoms with Crippen LogP contribution in [0.15, 0.2) is 0 Å². The number of aliphatic carboxylic acids is 1. The largest absolute Gasteiger partial charge is 0.481 e. The van der Waals surface area contributed by atoms with Crippen LogP contribution in [0.25, 0.3) is 0 Å². The lowest BCUT2D eigenvalue weighted by molar-refractivity contribution is -0.142. The van der Waals surface area contributed by atoms with Gasteiger partial charge in [-0.2, -0.15) is 5.10 Å². The molecule has 22 heavy (non-hydrogen) atoms. The van der Waals surface area contributed by atoms with Gasteiger partial charge in [0.1, 0.15) is 5.82 Å². The summed E-state index contributed by atoms with van der Waals surface area (Å²) in [5.74, 6) is 0.722. The zero-order valence-corrected chi connectivity index (χ0v) is 13.5. The first-order valence-electron chi connectivity index (χ1n) is 8.45. The molecule has 0 aromatic carbocycles. The topological polar surface area (TPSA) is 71.2 Å². The average molecular weight is 306 g/mol.